The van der Waals surface area contributed by atoms with E-state index in [9.17, 15) is 15.8 Å². The maximum atomic E-state index is 10.1. The van der Waals surface area contributed by atoms with Crippen LogP contribution in [0.1, 0.15) is 218 Å². The maximum absolute atomic E-state index is 10.1. The molecule has 0 aliphatic carbocycles. The molecule has 0 atom stereocenters. The van der Waals surface area contributed by atoms with Crippen LogP contribution in [-0.4, -0.2) is 53.4 Å². The van der Waals surface area contributed by atoms with Crippen molar-refractivity contribution in [1.29, 1.82) is 15.8 Å². The Balaban J connectivity index is 1.58. The monoisotopic (exact) mass is 1000 g/mol. The molecule has 0 unspecified atom stereocenters. The minimum absolute atomic E-state index is 0.123. The van der Waals surface area contributed by atoms with Crippen molar-refractivity contribution in [2.75, 3.05) is 19.8 Å². The second kappa shape index (κ2) is 33.2. The zero-order chi connectivity index (χ0) is 45.5. The van der Waals surface area contributed by atoms with Crippen LogP contribution in [0.15, 0.2) is 34.8 Å². The zero-order valence-electron chi connectivity index (χ0n) is 40.1. The Morgan fingerprint density at radius 3 is 1.30 bits per heavy atom. The third-order valence-corrected chi connectivity index (χ3v) is 17.4. The number of rotatable bonds is 38. The Kier molecular flexibility index (Phi) is 27.6. The number of hydrogen-bond acceptors (Lipinski definition) is 6. The Morgan fingerprint density at radius 2 is 0.891 bits per heavy atom. The second-order valence-electron chi connectivity index (χ2n) is 17.7. The summed E-state index contributed by atoms with van der Waals surface area (Å²) in [6, 6.07) is 14.6. The van der Waals surface area contributed by atoms with Gasteiger partial charge in [0.1, 0.15) is 0 Å². The third kappa shape index (κ3) is 18.1. The van der Waals surface area contributed by atoms with Crippen molar-refractivity contribution in [3.8, 4) is 41.1 Å². The van der Waals surface area contributed by atoms with Gasteiger partial charge in [0.15, 0.2) is 0 Å². The zero-order valence-corrected chi connectivity index (χ0v) is 43.5. The molecule has 0 aliphatic heterocycles. The van der Waals surface area contributed by atoms with E-state index in [1.807, 2.05) is 18.2 Å². The van der Waals surface area contributed by atoms with E-state index < -0.39 is 0 Å². The number of unbranched alkanes of at least 4 members (excludes halogenated alkanes) is 27. The fourth-order valence-corrected chi connectivity index (χ4v) is 13.6. The molecule has 3 aromatic heterocycles. The number of allylic oxidation sites excluding steroid dienone is 2. The molecule has 0 amide bonds. The van der Waals surface area contributed by atoms with Crippen molar-refractivity contribution in [2.24, 2.45) is 0 Å². The fourth-order valence-electron chi connectivity index (χ4n) is 8.62. The molecule has 4 aromatic rings. The van der Waals surface area contributed by atoms with Crippen molar-refractivity contribution < 1.29 is 14.2 Å². The molecular formula is C55H80N4O3Se2. The van der Waals surface area contributed by atoms with Gasteiger partial charge in [0.05, 0.1) is 0 Å². The second-order valence-corrected chi connectivity index (χ2v) is 21.9. The summed E-state index contributed by atoms with van der Waals surface area (Å²) in [6.07, 6.45) is 38.1. The molecule has 0 spiro atoms. The van der Waals surface area contributed by atoms with Crippen LogP contribution in [0.4, 0.5) is 0 Å². The first kappa shape index (κ1) is 53.2. The van der Waals surface area contributed by atoms with Crippen LogP contribution in [-0.2, 0) is 0 Å². The number of aromatic nitrogens is 1. The van der Waals surface area contributed by atoms with Gasteiger partial charge in [-0.05, 0) is 0 Å². The van der Waals surface area contributed by atoms with Gasteiger partial charge in [0, 0.05) is 0 Å². The van der Waals surface area contributed by atoms with Gasteiger partial charge in [-0.1, -0.05) is 143 Å². The van der Waals surface area contributed by atoms with Crippen LogP contribution in [0.2, 0.25) is 0 Å². The third-order valence-electron chi connectivity index (χ3n) is 12.4. The molecule has 0 radical (unpaired) electrons. The van der Waals surface area contributed by atoms with E-state index in [1.165, 1.54) is 163 Å². The first-order valence-electron chi connectivity index (χ1n) is 25.6. The summed E-state index contributed by atoms with van der Waals surface area (Å²) in [4.78, 5) is 2.26. The van der Waals surface area contributed by atoms with Crippen molar-refractivity contribution in [2.45, 2.75) is 213 Å². The summed E-state index contributed by atoms with van der Waals surface area (Å²) >= 11 is -0.0501. The van der Waals surface area contributed by atoms with E-state index in [0.29, 0.717) is 25.6 Å². The average Bonchev–Trinajstić information content (AvgIpc) is 4.02. The summed E-state index contributed by atoms with van der Waals surface area (Å²) in [6.45, 7) is 8.69. The first-order chi connectivity index (χ1) is 31.6. The SMILES string of the molecule is CCCCCCCCCCCCOc1cc(-n2c3cc[se]c3c3[se]c(C(C#N)=C(C#N)C#N)cc32)cc(OCCCCCCCCCCCC)c1OCCCCCCCCCCCC. The minimum Gasteiger partial charge on any atom is -0.0654 e. The molecule has 0 fully saturated rings. The quantitative estimate of drug-likeness (QED) is 0.0252. The topological polar surface area (TPSA) is 104 Å². The number of hydrogen-bond donors (Lipinski definition) is 0. The number of benzene rings is 1. The predicted molar refractivity (Wildman–Crippen MR) is 270 cm³/mol. The minimum atomic E-state index is -0.204. The van der Waals surface area contributed by atoms with E-state index in [2.05, 4.69) is 54.5 Å². The number of ether oxygens (including phenoxy) is 3. The summed E-state index contributed by atoms with van der Waals surface area (Å²) in [5.74, 6) is 2.16. The Labute approximate surface area is 400 Å². The Morgan fingerprint density at radius 1 is 0.484 bits per heavy atom. The first-order valence-corrected chi connectivity index (χ1v) is 29.2. The summed E-state index contributed by atoms with van der Waals surface area (Å²) in [5.41, 5.74) is 3.19. The molecule has 9 heteroatoms. The van der Waals surface area contributed by atoms with Gasteiger partial charge in [-0.2, -0.15) is 0 Å². The van der Waals surface area contributed by atoms with Gasteiger partial charge in [-0.15, -0.1) is 0 Å². The van der Waals surface area contributed by atoms with Gasteiger partial charge in [-0.25, -0.2) is 0 Å². The van der Waals surface area contributed by atoms with Gasteiger partial charge in [-0.3, -0.25) is 0 Å². The number of nitrogens with zero attached hydrogens (tertiary/aromatic N) is 4. The summed E-state index contributed by atoms with van der Waals surface area (Å²) < 4.78 is 25.8. The van der Waals surface area contributed by atoms with Gasteiger partial charge >= 0.3 is 260 Å². The fraction of sp³-hybridized carbons (Fsp3) is 0.655. The molecule has 350 valence electrons. The van der Waals surface area contributed by atoms with E-state index in [-0.39, 0.29) is 40.2 Å². The molecule has 1 aromatic carbocycles. The summed E-state index contributed by atoms with van der Waals surface area (Å²) in [7, 11) is 0. The molecule has 0 saturated carbocycles. The molecule has 0 aliphatic rings. The van der Waals surface area contributed by atoms with Gasteiger partial charge in [0.25, 0.3) is 0 Å². The smallest absolute Gasteiger partial charge is 0.0654 e. The number of nitriles is 3. The standard InChI is InChI=1S/C55H80N4O3Se2/c1-4-7-10-13-16-19-22-25-28-31-35-60-50-39-46(59-48-34-38-63-54(48)55-49(59)41-52(64-55)47(44-58)45(42-56)43-57)40-51(61-36-32-29-26-23-20-17-14-11-8-5-2)53(50)62-37-33-30-27-24-21-18-15-12-9-6-3/h34,38-41H,4-33,35-37H2,1-3H3. The van der Waals surface area contributed by atoms with E-state index in [1.54, 1.807) is 0 Å². The average molecular weight is 1000 g/mol. The normalized spacial score (nSPS) is 11.2. The van der Waals surface area contributed by atoms with Crippen molar-refractivity contribution >= 4 is 54.1 Å². The van der Waals surface area contributed by atoms with E-state index in [0.717, 1.165) is 71.2 Å². The Bertz CT molecular complexity index is 1990. The molecule has 4 rings (SSSR count). The van der Waals surface area contributed by atoms with E-state index in [4.69, 9.17) is 14.2 Å². The molecule has 7 nitrogen and oxygen atoms in total. The molecule has 3 heterocycles. The van der Waals surface area contributed by atoms with Gasteiger partial charge < -0.3 is 0 Å². The molecular weight excluding hydrogens is 923 g/mol. The van der Waals surface area contributed by atoms with Crippen molar-refractivity contribution in [1.82, 2.24) is 4.57 Å². The van der Waals surface area contributed by atoms with Crippen molar-refractivity contribution in [3.63, 3.8) is 0 Å². The predicted octanol–water partition coefficient (Wildman–Crippen LogP) is 16.1. The Hall–Kier alpha value is -3.37. The van der Waals surface area contributed by atoms with Crippen LogP contribution in [0.25, 0.3) is 30.8 Å². The van der Waals surface area contributed by atoms with Crippen LogP contribution in [0, 0.1) is 34.0 Å². The van der Waals surface area contributed by atoms with Gasteiger partial charge in [0.2, 0.25) is 0 Å². The molecule has 0 N–H and O–H groups in total. The molecule has 0 bridgehead atoms. The number of fused-ring (bicyclic) bond motifs is 3. The van der Waals surface area contributed by atoms with Crippen molar-refractivity contribution in [3.05, 3.63) is 39.2 Å². The summed E-state index contributed by atoms with van der Waals surface area (Å²) in [5, 5.41) is 29.5. The molecule has 64 heavy (non-hydrogen) atoms. The van der Waals surface area contributed by atoms with Crippen LogP contribution in [0.5, 0.6) is 17.2 Å². The van der Waals surface area contributed by atoms with Crippen LogP contribution in [0.3, 0.4) is 0 Å². The van der Waals surface area contributed by atoms with Crippen LogP contribution < -0.4 is 14.2 Å². The van der Waals surface area contributed by atoms with E-state index >= 15 is 0 Å². The molecule has 0 saturated heterocycles. The van der Waals surface area contributed by atoms with Crippen LogP contribution >= 0.6 is 0 Å².